The van der Waals surface area contributed by atoms with Gasteiger partial charge in [0.05, 0.1) is 6.54 Å². The van der Waals surface area contributed by atoms with E-state index in [1.807, 2.05) is 23.1 Å². The molecule has 1 aromatic carbocycles. The lowest BCUT2D eigenvalue weighted by molar-refractivity contribution is -0.119. The van der Waals surface area contributed by atoms with Crippen molar-refractivity contribution in [2.24, 2.45) is 0 Å². The summed E-state index contributed by atoms with van der Waals surface area (Å²) in [6.07, 6.45) is 1.66. The molecule has 1 fully saturated rings. The fourth-order valence-corrected chi connectivity index (χ4v) is 3.54. The van der Waals surface area contributed by atoms with E-state index in [9.17, 15) is 9.18 Å². The van der Waals surface area contributed by atoms with Gasteiger partial charge in [0.1, 0.15) is 6.10 Å². The Kier molecular flexibility index (Phi) is 4.36. The molecule has 1 amide bonds. The van der Waals surface area contributed by atoms with Crippen LogP contribution in [0.15, 0.2) is 42.5 Å². The molecule has 2 aliphatic heterocycles. The van der Waals surface area contributed by atoms with E-state index >= 15 is 0 Å². The van der Waals surface area contributed by atoms with Gasteiger partial charge in [-0.25, -0.2) is 0 Å². The molecule has 0 aliphatic carbocycles. The summed E-state index contributed by atoms with van der Waals surface area (Å²) in [5, 5.41) is 0. The SMILES string of the molecule is O=C(CN1CCC(Oc2cccc(F)n2)C1)N1CCc2ccccc21. The second-order valence-electron chi connectivity index (χ2n) is 6.49. The predicted molar refractivity (Wildman–Crippen MR) is 92.2 cm³/mol. The summed E-state index contributed by atoms with van der Waals surface area (Å²) in [5.74, 6) is -0.128. The van der Waals surface area contributed by atoms with Crippen LogP contribution in [0, 0.1) is 5.95 Å². The zero-order valence-corrected chi connectivity index (χ0v) is 13.9. The van der Waals surface area contributed by atoms with Gasteiger partial charge in [-0.1, -0.05) is 24.3 Å². The second-order valence-corrected chi connectivity index (χ2v) is 6.49. The molecule has 130 valence electrons. The lowest BCUT2D eigenvalue weighted by Crippen LogP contribution is -2.39. The fourth-order valence-electron chi connectivity index (χ4n) is 3.54. The van der Waals surface area contributed by atoms with Gasteiger partial charge in [-0.05, 0) is 30.5 Å². The molecule has 1 atom stereocenters. The van der Waals surface area contributed by atoms with Crippen LogP contribution in [0.5, 0.6) is 5.88 Å². The van der Waals surface area contributed by atoms with Gasteiger partial charge in [0.25, 0.3) is 0 Å². The van der Waals surface area contributed by atoms with E-state index in [0.29, 0.717) is 19.0 Å². The van der Waals surface area contributed by atoms with Crippen molar-refractivity contribution in [2.45, 2.75) is 18.9 Å². The van der Waals surface area contributed by atoms with Crippen LogP contribution in [-0.4, -0.2) is 48.1 Å². The summed E-state index contributed by atoms with van der Waals surface area (Å²) in [5.41, 5.74) is 2.26. The number of carbonyl (C=O) groups is 1. The summed E-state index contributed by atoms with van der Waals surface area (Å²) < 4.78 is 18.9. The molecule has 25 heavy (non-hydrogen) atoms. The number of likely N-dealkylation sites (tertiary alicyclic amines) is 1. The molecule has 2 aliphatic rings. The first-order valence-corrected chi connectivity index (χ1v) is 8.59. The lowest BCUT2D eigenvalue weighted by atomic mass is 10.2. The quantitative estimate of drug-likeness (QED) is 0.801. The molecular weight excluding hydrogens is 321 g/mol. The Bertz CT molecular complexity index is 783. The molecule has 0 spiro atoms. The van der Waals surface area contributed by atoms with E-state index in [1.165, 1.54) is 11.6 Å². The van der Waals surface area contributed by atoms with Crippen LogP contribution in [0.25, 0.3) is 0 Å². The molecule has 2 aromatic rings. The highest BCUT2D eigenvalue weighted by atomic mass is 19.1. The van der Waals surface area contributed by atoms with Crippen LogP contribution in [0.4, 0.5) is 10.1 Å². The van der Waals surface area contributed by atoms with E-state index in [2.05, 4.69) is 16.0 Å². The van der Waals surface area contributed by atoms with Gasteiger partial charge < -0.3 is 9.64 Å². The molecule has 4 rings (SSSR count). The number of benzene rings is 1. The smallest absolute Gasteiger partial charge is 0.241 e. The van der Waals surface area contributed by atoms with Gasteiger partial charge in [0.15, 0.2) is 0 Å². The van der Waals surface area contributed by atoms with Crippen molar-refractivity contribution in [1.82, 2.24) is 9.88 Å². The Balaban J connectivity index is 1.33. The first kappa shape index (κ1) is 16.0. The number of fused-ring (bicyclic) bond motifs is 1. The summed E-state index contributed by atoms with van der Waals surface area (Å²) in [6, 6.07) is 12.6. The Labute approximate surface area is 146 Å². The molecule has 1 unspecified atom stereocenters. The number of nitrogens with zero attached hydrogens (tertiary/aromatic N) is 3. The molecule has 3 heterocycles. The van der Waals surface area contributed by atoms with E-state index < -0.39 is 5.95 Å². The van der Waals surface area contributed by atoms with Crippen molar-refractivity contribution < 1.29 is 13.9 Å². The number of hydrogen-bond acceptors (Lipinski definition) is 4. The van der Waals surface area contributed by atoms with Gasteiger partial charge in [-0.2, -0.15) is 9.37 Å². The van der Waals surface area contributed by atoms with Gasteiger partial charge in [0, 0.05) is 31.4 Å². The maximum atomic E-state index is 13.1. The Morgan fingerprint density at radius 2 is 2.08 bits per heavy atom. The van der Waals surface area contributed by atoms with Crippen LogP contribution >= 0.6 is 0 Å². The van der Waals surface area contributed by atoms with Crippen LogP contribution in [0.1, 0.15) is 12.0 Å². The highest BCUT2D eigenvalue weighted by molar-refractivity contribution is 5.96. The zero-order valence-electron chi connectivity index (χ0n) is 13.9. The minimum Gasteiger partial charge on any atom is -0.473 e. The van der Waals surface area contributed by atoms with Crippen molar-refractivity contribution in [2.75, 3.05) is 31.1 Å². The number of carbonyl (C=O) groups excluding carboxylic acids is 1. The molecule has 6 heteroatoms. The fraction of sp³-hybridized carbons (Fsp3) is 0.368. The van der Waals surface area contributed by atoms with E-state index in [4.69, 9.17) is 4.74 Å². The topological polar surface area (TPSA) is 45.7 Å². The molecule has 5 nitrogen and oxygen atoms in total. The lowest BCUT2D eigenvalue weighted by Gasteiger charge is -2.21. The van der Waals surface area contributed by atoms with Crippen molar-refractivity contribution in [3.8, 4) is 5.88 Å². The van der Waals surface area contributed by atoms with E-state index in [1.54, 1.807) is 12.1 Å². The number of aromatic nitrogens is 1. The third kappa shape index (κ3) is 3.49. The number of pyridine rings is 1. The van der Waals surface area contributed by atoms with Crippen molar-refractivity contribution in [3.63, 3.8) is 0 Å². The molecule has 1 aromatic heterocycles. The first-order chi connectivity index (χ1) is 12.2. The Morgan fingerprint density at radius 3 is 2.96 bits per heavy atom. The van der Waals surface area contributed by atoms with Crippen molar-refractivity contribution in [1.29, 1.82) is 0 Å². The number of amides is 1. The number of hydrogen-bond donors (Lipinski definition) is 0. The molecular formula is C19H20FN3O2. The first-order valence-electron chi connectivity index (χ1n) is 8.59. The van der Waals surface area contributed by atoms with Crippen molar-refractivity contribution >= 4 is 11.6 Å². The minimum atomic E-state index is -0.546. The molecule has 0 radical (unpaired) electrons. The average molecular weight is 341 g/mol. The Hall–Kier alpha value is -2.47. The number of ether oxygens (including phenoxy) is 1. The second kappa shape index (κ2) is 6.80. The van der Waals surface area contributed by atoms with Crippen LogP contribution in [0.3, 0.4) is 0 Å². The van der Waals surface area contributed by atoms with E-state index in [0.717, 1.165) is 31.6 Å². The summed E-state index contributed by atoms with van der Waals surface area (Å²) >= 11 is 0. The maximum Gasteiger partial charge on any atom is 0.241 e. The highest BCUT2D eigenvalue weighted by Gasteiger charge is 2.30. The Morgan fingerprint density at radius 1 is 1.20 bits per heavy atom. The molecule has 0 saturated carbocycles. The predicted octanol–water partition coefficient (Wildman–Crippen LogP) is 2.26. The summed E-state index contributed by atoms with van der Waals surface area (Å²) in [7, 11) is 0. The number of para-hydroxylation sites is 1. The van der Waals surface area contributed by atoms with Crippen LogP contribution in [-0.2, 0) is 11.2 Å². The average Bonchev–Trinajstić information content (AvgIpc) is 3.21. The third-order valence-corrected chi connectivity index (χ3v) is 4.75. The van der Waals surface area contributed by atoms with Gasteiger partial charge in [-0.3, -0.25) is 9.69 Å². The summed E-state index contributed by atoms with van der Waals surface area (Å²) in [6.45, 7) is 2.57. The number of halogens is 1. The summed E-state index contributed by atoms with van der Waals surface area (Å²) in [4.78, 5) is 20.3. The van der Waals surface area contributed by atoms with E-state index in [-0.39, 0.29) is 12.0 Å². The number of rotatable bonds is 4. The molecule has 0 N–H and O–H groups in total. The minimum absolute atomic E-state index is 0.0621. The van der Waals surface area contributed by atoms with Crippen LogP contribution in [0.2, 0.25) is 0 Å². The monoisotopic (exact) mass is 341 g/mol. The van der Waals surface area contributed by atoms with Crippen molar-refractivity contribution in [3.05, 3.63) is 54.0 Å². The third-order valence-electron chi connectivity index (χ3n) is 4.75. The zero-order chi connectivity index (χ0) is 17.2. The highest BCUT2D eigenvalue weighted by Crippen LogP contribution is 2.27. The number of anilines is 1. The van der Waals surface area contributed by atoms with Gasteiger partial charge in [0.2, 0.25) is 17.7 Å². The maximum absolute atomic E-state index is 13.1. The van der Waals surface area contributed by atoms with Crippen LogP contribution < -0.4 is 9.64 Å². The van der Waals surface area contributed by atoms with Gasteiger partial charge >= 0.3 is 0 Å². The molecule has 0 bridgehead atoms. The van der Waals surface area contributed by atoms with Gasteiger partial charge in [-0.15, -0.1) is 0 Å². The molecule has 1 saturated heterocycles. The largest absolute Gasteiger partial charge is 0.473 e. The normalized spacial score (nSPS) is 19.9. The standard InChI is InChI=1S/C19H20FN3O2/c20-17-6-3-7-18(21-17)25-15-9-10-22(12-15)13-19(24)23-11-8-14-4-1-2-5-16(14)23/h1-7,15H,8-13H2.